The Morgan fingerprint density at radius 1 is 0.538 bits per heavy atom. The molecule has 1 aromatic carbocycles. The average molecular weight is 337 g/mol. The lowest BCUT2D eigenvalue weighted by Crippen LogP contribution is -1.92. The number of rotatable bonds is 3. The lowest BCUT2D eigenvalue weighted by Gasteiger charge is -2.08. The third-order valence-corrected chi connectivity index (χ3v) is 4.25. The lowest BCUT2D eigenvalue weighted by molar-refractivity contribution is 1.22. The van der Waals surface area contributed by atoms with Gasteiger partial charge in [0.2, 0.25) is 0 Å². The average Bonchev–Trinajstić information content (AvgIpc) is 2.68. The van der Waals surface area contributed by atoms with Gasteiger partial charge in [-0.15, -0.1) is 0 Å². The molecule has 0 fully saturated rings. The second-order valence-corrected chi connectivity index (χ2v) is 6.43. The molecule has 4 aromatic rings. The summed E-state index contributed by atoms with van der Waals surface area (Å²) in [5.41, 5.74) is 8.28. The largest absolute Gasteiger partial charge is 0.255 e. The Labute approximate surface area is 153 Å². The number of pyridine rings is 3. The van der Waals surface area contributed by atoms with Gasteiger partial charge in [-0.25, -0.2) is 4.98 Å². The molecule has 0 unspecified atom stereocenters. The number of aryl methyl sites for hydroxylation is 2. The summed E-state index contributed by atoms with van der Waals surface area (Å²) >= 11 is 0. The van der Waals surface area contributed by atoms with Gasteiger partial charge in [0.15, 0.2) is 0 Å². The minimum absolute atomic E-state index is 0.847. The van der Waals surface area contributed by atoms with Crippen LogP contribution in [0, 0.1) is 13.8 Å². The maximum atomic E-state index is 4.76. The molecule has 3 aromatic heterocycles. The van der Waals surface area contributed by atoms with Crippen LogP contribution in [0.5, 0.6) is 0 Å². The summed E-state index contributed by atoms with van der Waals surface area (Å²) < 4.78 is 0. The van der Waals surface area contributed by atoms with E-state index in [0.717, 1.165) is 28.3 Å². The van der Waals surface area contributed by atoms with Crippen molar-refractivity contribution >= 4 is 0 Å². The van der Waals surface area contributed by atoms with E-state index in [-0.39, 0.29) is 0 Å². The predicted octanol–water partition coefficient (Wildman–Crippen LogP) is 5.49. The van der Waals surface area contributed by atoms with Crippen LogP contribution in [0.15, 0.2) is 79.1 Å². The molecule has 0 saturated carbocycles. The van der Waals surface area contributed by atoms with E-state index in [1.165, 1.54) is 16.7 Å². The van der Waals surface area contributed by atoms with Gasteiger partial charge in [-0.05, 0) is 61.4 Å². The van der Waals surface area contributed by atoms with E-state index in [1.54, 1.807) is 6.20 Å². The van der Waals surface area contributed by atoms with Crippen LogP contribution in [0.25, 0.3) is 33.9 Å². The Morgan fingerprint density at radius 3 is 1.96 bits per heavy atom. The SMILES string of the molecule is Cc1cc(C)cc(-c2ccnc(-c3cccc(-c4ccccn4)n3)c2)c1. The van der Waals surface area contributed by atoms with E-state index in [1.807, 2.05) is 48.7 Å². The van der Waals surface area contributed by atoms with E-state index in [9.17, 15) is 0 Å². The van der Waals surface area contributed by atoms with Crippen molar-refractivity contribution < 1.29 is 0 Å². The van der Waals surface area contributed by atoms with Crippen LogP contribution in [-0.2, 0) is 0 Å². The van der Waals surface area contributed by atoms with Gasteiger partial charge in [0.05, 0.1) is 22.8 Å². The van der Waals surface area contributed by atoms with Gasteiger partial charge in [-0.2, -0.15) is 0 Å². The maximum Gasteiger partial charge on any atom is 0.0894 e. The summed E-state index contributed by atoms with van der Waals surface area (Å²) in [5.74, 6) is 0. The molecule has 3 nitrogen and oxygen atoms in total. The smallest absolute Gasteiger partial charge is 0.0894 e. The Bertz CT molecular complexity index is 1040. The van der Waals surface area contributed by atoms with Crippen molar-refractivity contribution in [1.82, 2.24) is 15.0 Å². The fraction of sp³-hybridized carbons (Fsp3) is 0.0870. The quantitative estimate of drug-likeness (QED) is 0.496. The molecule has 3 heterocycles. The van der Waals surface area contributed by atoms with Gasteiger partial charge < -0.3 is 0 Å². The zero-order valence-electron chi connectivity index (χ0n) is 14.8. The van der Waals surface area contributed by atoms with Gasteiger partial charge in [0, 0.05) is 12.4 Å². The number of aromatic nitrogens is 3. The van der Waals surface area contributed by atoms with E-state index in [0.29, 0.717) is 0 Å². The number of hydrogen-bond acceptors (Lipinski definition) is 3. The van der Waals surface area contributed by atoms with Crippen LogP contribution in [0.4, 0.5) is 0 Å². The van der Waals surface area contributed by atoms with Crippen molar-refractivity contribution in [2.75, 3.05) is 0 Å². The molecule has 3 heteroatoms. The first kappa shape index (κ1) is 16.2. The van der Waals surface area contributed by atoms with Gasteiger partial charge in [0.25, 0.3) is 0 Å². The molecule has 4 rings (SSSR count). The third-order valence-electron chi connectivity index (χ3n) is 4.25. The van der Waals surface area contributed by atoms with E-state index >= 15 is 0 Å². The first-order valence-electron chi connectivity index (χ1n) is 8.62. The van der Waals surface area contributed by atoms with Crippen LogP contribution < -0.4 is 0 Å². The normalized spacial score (nSPS) is 10.7. The molecule has 0 N–H and O–H groups in total. The zero-order chi connectivity index (χ0) is 17.9. The molecule has 26 heavy (non-hydrogen) atoms. The third kappa shape index (κ3) is 3.38. The lowest BCUT2D eigenvalue weighted by atomic mass is 10.0. The Balaban J connectivity index is 1.75. The Morgan fingerprint density at radius 2 is 1.23 bits per heavy atom. The molecule has 0 aliphatic heterocycles. The minimum Gasteiger partial charge on any atom is -0.255 e. The molecule has 0 atom stereocenters. The zero-order valence-corrected chi connectivity index (χ0v) is 14.8. The minimum atomic E-state index is 0.847. The molecular formula is C23H19N3. The van der Waals surface area contributed by atoms with Crippen molar-refractivity contribution in [2.24, 2.45) is 0 Å². The molecular weight excluding hydrogens is 318 g/mol. The summed E-state index contributed by atoms with van der Waals surface area (Å²) in [7, 11) is 0. The number of hydrogen-bond donors (Lipinski definition) is 0. The summed E-state index contributed by atoms with van der Waals surface area (Å²) in [6.45, 7) is 4.24. The fourth-order valence-corrected chi connectivity index (χ4v) is 3.13. The molecule has 0 spiro atoms. The van der Waals surface area contributed by atoms with Crippen LogP contribution in [0.3, 0.4) is 0 Å². The van der Waals surface area contributed by atoms with Crippen molar-refractivity contribution in [3.8, 4) is 33.9 Å². The summed E-state index contributed by atoms with van der Waals surface area (Å²) in [4.78, 5) is 13.7. The maximum absolute atomic E-state index is 4.76. The molecule has 0 radical (unpaired) electrons. The standard InChI is InChI=1S/C23H19N3/c1-16-12-17(2)14-19(13-16)18-9-11-25-23(15-18)22-8-5-7-21(26-22)20-6-3-4-10-24-20/h3-15H,1-2H3. The highest BCUT2D eigenvalue weighted by Crippen LogP contribution is 2.26. The molecule has 0 bridgehead atoms. The molecule has 0 aliphatic rings. The molecule has 0 amide bonds. The van der Waals surface area contributed by atoms with Gasteiger partial charge in [-0.3, -0.25) is 9.97 Å². The molecule has 0 saturated heterocycles. The van der Waals surface area contributed by atoms with E-state index < -0.39 is 0 Å². The van der Waals surface area contributed by atoms with E-state index in [2.05, 4.69) is 48.1 Å². The number of benzene rings is 1. The van der Waals surface area contributed by atoms with Crippen molar-refractivity contribution in [2.45, 2.75) is 13.8 Å². The second kappa shape index (κ2) is 6.89. The first-order chi connectivity index (χ1) is 12.7. The second-order valence-electron chi connectivity index (χ2n) is 6.43. The monoisotopic (exact) mass is 337 g/mol. The first-order valence-corrected chi connectivity index (χ1v) is 8.62. The van der Waals surface area contributed by atoms with Crippen molar-refractivity contribution in [3.63, 3.8) is 0 Å². The fourth-order valence-electron chi connectivity index (χ4n) is 3.13. The molecule has 0 aliphatic carbocycles. The Kier molecular flexibility index (Phi) is 4.28. The van der Waals surface area contributed by atoms with Crippen LogP contribution in [0.1, 0.15) is 11.1 Å². The summed E-state index contributed by atoms with van der Waals surface area (Å²) in [6, 6.07) is 22.5. The highest BCUT2D eigenvalue weighted by molar-refractivity contribution is 5.71. The van der Waals surface area contributed by atoms with Gasteiger partial charge in [0.1, 0.15) is 0 Å². The van der Waals surface area contributed by atoms with Gasteiger partial charge in [-0.1, -0.05) is 41.5 Å². The number of nitrogens with zero attached hydrogens (tertiary/aromatic N) is 3. The Hall–Kier alpha value is -3.33. The van der Waals surface area contributed by atoms with Gasteiger partial charge >= 0.3 is 0 Å². The van der Waals surface area contributed by atoms with Crippen LogP contribution in [0.2, 0.25) is 0 Å². The van der Waals surface area contributed by atoms with E-state index in [4.69, 9.17) is 4.98 Å². The van der Waals surface area contributed by atoms with Crippen molar-refractivity contribution in [3.05, 3.63) is 90.3 Å². The van der Waals surface area contributed by atoms with Crippen LogP contribution >= 0.6 is 0 Å². The predicted molar refractivity (Wildman–Crippen MR) is 106 cm³/mol. The topological polar surface area (TPSA) is 38.7 Å². The molecule has 126 valence electrons. The summed E-state index contributed by atoms with van der Waals surface area (Å²) in [5, 5.41) is 0. The summed E-state index contributed by atoms with van der Waals surface area (Å²) in [6.07, 6.45) is 3.63. The highest BCUT2D eigenvalue weighted by atomic mass is 14.8. The highest BCUT2D eigenvalue weighted by Gasteiger charge is 2.07. The van der Waals surface area contributed by atoms with Crippen LogP contribution in [-0.4, -0.2) is 15.0 Å². The van der Waals surface area contributed by atoms with Crippen molar-refractivity contribution in [1.29, 1.82) is 0 Å².